The first-order valence-electron chi connectivity index (χ1n) is 8.90. The van der Waals surface area contributed by atoms with Crippen molar-refractivity contribution in [3.05, 3.63) is 66.2 Å². The molecule has 2 aromatic carbocycles. The first-order valence-corrected chi connectivity index (χ1v) is 8.90. The summed E-state index contributed by atoms with van der Waals surface area (Å²) >= 11 is 0. The van der Waals surface area contributed by atoms with Crippen LogP contribution in [-0.2, 0) is 6.54 Å². The Balaban J connectivity index is 1.72. The molecule has 2 amide bonds. The van der Waals surface area contributed by atoms with Crippen LogP contribution in [0.25, 0.3) is 0 Å². The predicted molar refractivity (Wildman–Crippen MR) is 99.0 cm³/mol. The topological polar surface area (TPSA) is 32.3 Å². The van der Waals surface area contributed by atoms with E-state index in [1.807, 2.05) is 65.6 Å². The molecule has 0 spiro atoms. The van der Waals surface area contributed by atoms with Gasteiger partial charge < -0.3 is 5.32 Å². The van der Waals surface area contributed by atoms with Gasteiger partial charge in [-0.2, -0.15) is 0 Å². The standard InChI is InChI=1S/C21H26N2O/c1-17-12-14-20(15-13-17)23(19-10-6-3-7-11-19)21(24)22-16-18-8-4-2-5-9-18/h2-11,17,20H,12-16H2,1H3,(H,22,24). The van der Waals surface area contributed by atoms with Crippen molar-refractivity contribution in [2.24, 2.45) is 5.92 Å². The highest BCUT2D eigenvalue weighted by molar-refractivity contribution is 5.92. The van der Waals surface area contributed by atoms with Gasteiger partial charge in [-0.05, 0) is 49.3 Å². The van der Waals surface area contributed by atoms with Crippen LogP contribution < -0.4 is 10.2 Å². The van der Waals surface area contributed by atoms with E-state index in [1.54, 1.807) is 0 Å². The SMILES string of the molecule is CC1CCC(N(C(=O)NCc2ccccc2)c2ccccc2)CC1. The molecule has 1 aliphatic carbocycles. The van der Waals surface area contributed by atoms with Crippen LogP contribution in [0.2, 0.25) is 0 Å². The molecule has 1 N–H and O–H groups in total. The van der Waals surface area contributed by atoms with E-state index in [2.05, 4.69) is 12.2 Å². The summed E-state index contributed by atoms with van der Waals surface area (Å²) in [5.41, 5.74) is 2.11. The molecule has 1 fully saturated rings. The number of benzene rings is 2. The van der Waals surface area contributed by atoms with E-state index in [1.165, 1.54) is 12.8 Å². The van der Waals surface area contributed by atoms with Crippen LogP contribution in [0.15, 0.2) is 60.7 Å². The van der Waals surface area contributed by atoms with E-state index in [-0.39, 0.29) is 6.03 Å². The maximum atomic E-state index is 12.9. The molecule has 3 heteroatoms. The Labute approximate surface area is 144 Å². The molecule has 1 aliphatic rings. The van der Waals surface area contributed by atoms with E-state index in [9.17, 15) is 4.79 Å². The zero-order valence-electron chi connectivity index (χ0n) is 14.3. The normalized spacial score (nSPS) is 20.4. The van der Waals surface area contributed by atoms with Gasteiger partial charge in [-0.15, -0.1) is 0 Å². The average molecular weight is 322 g/mol. The number of amides is 2. The van der Waals surface area contributed by atoms with Crippen LogP contribution in [0.3, 0.4) is 0 Å². The third-order valence-electron chi connectivity index (χ3n) is 4.89. The summed E-state index contributed by atoms with van der Waals surface area (Å²) in [6.07, 6.45) is 4.55. The molecule has 0 heterocycles. The molecule has 24 heavy (non-hydrogen) atoms. The van der Waals surface area contributed by atoms with Gasteiger partial charge in [0.05, 0.1) is 0 Å². The van der Waals surface area contributed by atoms with Crippen molar-refractivity contribution in [3.8, 4) is 0 Å². The second kappa shape index (κ2) is 8.00. The summed E-state index contributed by atoms with van der Waals surface area (Å²) in [4.78, 5) is 14.9. The lowest BCUT2D eigenvalue weighted by Gasteiger charge is -2.36. The van der Waals surface area contributed by atoms with Crippen LogP contribution in [0.1, 0.15) is 38.2 Å². The summed E-state index contributed by atoms with van der Waals surface area (Å²) in [6.45, 7) is 2.87. The lowest BCUT2D eigenvalue weighted by molar-refractivity contribution is 0.238. The van der Waals surface area contributed by atoms with Crippen molar-refractivity contribution in [1.29, 1.82) is 0 Å². The molecule has 0 aliphatic heterocycles. The van der Waals surface area contributed by atoms with Gasteiger partial charge in [0.2, 0.25) is 0 Å². The minimum absolute atomic E-state index is 0.00426. The molecule has 0 unspecified atom stereocenters. The van der Waals surface area contributed by atoms with Crippen molar-refractivity contribution in [1.82, 2.24) is 5.32 Å². The smallest absolute Gasteiger partial charge is 0.322 e. The Hall–Kier alpha value is -2.29. The number of hydrogen-bond acceptors (Lipinski definition) is 1. The van der Waals surface area contributed by atoms with Gasteiger partial charge in [-0.25, -0.2) is 4.79 Å². The third-order valence-corrected chi connectivity index (χ3v) is 4.89. The first kappa shape index (κ1) is 16.6. The van der Waals surface area contributed by atoms with Crippen LogP contribution in [0.5, 0.6) is 0 Å². The lowest BCUT2D eigenvalue weighted by atomic mass is 9.86. The van der Waals surface area contributed by atoms with Crippen molar-refractivity contribution >= 4 is 11.7 Å². The second-order valence-corrected chi connectivity index (χ2v) is 6.76. The fraction of sp³-hybridized carbons (Fsp3) is 0.381. The van der Waals surface area contributed by atoms with Crippen LogP contribution in [0, 0.1) is 5.92 Å². The molecule has 3 rings (SSSR count). The minimum Gasteiger partial charge on any atom is -0.334 e. The lowest BCUT2D eigenvalue weighted by Crippen LogP contribution is -2.47. The number of nitrogens with one attached hydrogen (secondary N) is 1. The quantitative estimate of drug-likeness (QED) is 0.846. The molecule has 1 saturated carbocycles. The van der Waals surface area contributed by atoms with Gasteiger partial charge in [-0.1, -0.05) is 55.5 Å². The maximum Gasteiger partial charge on any atom is 0.322 e. The maximum absolute atomic E-state index is 12.9. The number of carbonyl (C=O) groups is 1. The van der Waals surface area contributed by atoms with Gasteiger partial charge >= 0.3 is 6.03 Å². The zero-order valence-corrected chi connectivity index (χ0v) is 14.3. The monoisotopic (exact) mass is 322 g/mol. The number of urea groups is 1. The molecule has 0 atom stereocenters. The molecule has 0 aromatic heterocycles. The molecule has 0 saturated heterocycles. The highest BCUT2D eigenvalue weighted by Crippen LogP contribution is 2.30. The number of carbonyl (C=O) groups excluding carboxylic acids is 1. The van der Waals surface area contributed by atoms with Crippen molar-refractivity contribution in [3.63, 3.8) is 0 Å². The molecular weight excluding hydrogens is 296 g/mol. The van der Waals surface area contributed by atoms with E-state index in [0.29, 0.717) is 12.6 Å². The minimum atomic E-state index is 0.00426. The summed E-state index contributed by atoms with van der Waals surface area (Å²) in [6, 6.07) is 20.4. The van der Waals surface area contributed by atoms with E-state index < -0.39 is 0 Å². The van der Waals surface area contributed by atoms with Crippen molar-refractivity contribution in [2.75, 3.05) is 4.90 Å². The number of nitrogens with zero attached hydrogens (tertiary/aromatic N) is 1. The Kier molecular flexibility index (Phi) is 5.52. The third kappa shape index (κ3) is 4.16. The molecule has 0 bridgehead atoms. The Morgan fingerprint density at radius 2 is 1.54 bits per heavy atom. The number of para-hydroxylation sites is 1. The average Bonchev–Trinajstić information content (AvgIpc) is 2.64. The second-order valence-electron chi connectivity index (χ2n) is 6.76. The molecule has 126 valence electrons. The van der Waals surface area contributed by atoms with Gasteiger partial charge in [0.15, 0.2) is 0 Å². The highest BCUT2D eigenvalue weighted by atomic mass is 16.2. The zero-order chi connectivity index (χ0) is 16.8. The van der Waals surface area contributed by atoms with Gasteiger partial charge in [-0.3, -0.25) is 4.90 Å². The fourth-order valence-electron chi connectivity index (χ4n) is 3.44. The summed E-state index contributed by atoms with van der Waals surface area (Å²) < 4.78 is 0. The fourth-order valence-corrected chi connectivity index (χ4v) is 3.44. The Morgan fingerprint density at radius 3 is 2.17 bits per heavy atom. The van der Waals surface area contributed by atoms with Gasteiger partial charge in [0.25, 0.3) is 0 Å². The first-order chi connectivity index (χ1) is 11.7. The largest absolute Gasteiger partial charge is 0.334 e. The summed E-state index contributed by atoms with van der Waals surface area (Å²) in [5, 5.41) is 3.09. The number of hydrogen-bond donors (Lipinski definition) is 1. The number of rotatable bonds is 4. The predicted octanol–water partition coefficient (Wildman–Crippen LogP) is 4.98. The van der Waals surface area contributed by atoms with Crippen LogP contribution in [-0.4, -0.2) is 12.1 Å². The van der Waals surface area contributed by atoms with Gasteiger partial charge in [0, 0.05) is 18.3 Å². The van der Waals surface area contributed by atoms with E-state index in [4.69, 9.17) is 0 Å². The van der Waals surface area contributed by atoms with Crippen molar-refractivity contribution in [2.45, 2.75) is 45.2 Å². The molecular formula is C21H26N2O. The van der Waals surface area contributed by atoms with Crippen molar-refractivity contribution < 1.29 is 4.79 Å². The van der Waals surface area contributed by atoms with E-state index in [0.717, 1.165) is 30.0 Å². The molecule has 0 radical (unpaired) electrons. The van der Waals surface area contributed by atoms with E-state index >= 15 is 0 Å². The summed E-state index contributed by atoms with van der Waals surface area (Å²) in [5.74, 6) is 0.770. The highest BCUT2D eigenvalue weighted by Gasteiger charge is 2.28. The van der Waals surface area contributed by atoms with Crippen LogP contribution >= 0.6 is 0 Å². The number of anilines is 1. The Morgan fingerprint density at radius 1 is 0.958 bits per heavy atom. The Bertz CT molecular complexity index is 633. The van der Waals surface area contributed by atoms with Gasteiger partial charge in [0.1, 0.15) is 0 Å². The van der Waals surface area contributed by atoms with Crippen LogP contribution in [0.4, 0.5) is 10.5 Å². The molecule has 3 nitrogen and oxygen atoms in total. The molecule has 2 aromatic rings. The summed E-state index contributed by atoms with van der Waals surface area (Å²) in [7, 11) is 0.